The molecule has 1 unspecified atom stereocenters. The van der Waals surface area contributed by atoms with Gasteiger partial charge in [0.1, 0.15) is 0 Å². The quantitative estimate of drug-likeness (QED) is 0.616. The molecule has 0 saturated carbocycles. The van der Waals surface area contributed by atoms with E-state index in [0.717, 1.165) is 6.42 Å². The minimum absolute atomic E-state index is 0.0993. The topological polar surface area (TPSA) is 49.3 Å². The Balaban J connectivity index is 3.92. The fraction of sp³-hybridized carbons (Fsp3) is 0.667. The monoisotopic (exact) mass is 171 g/mol. The zero-order valence-corrected chi connectivity index (χ0v) is 7.92. The molecule has 0 saturated heterocycles. The smallest absolute Gasteiger partial charge is 0.246 e. The predicted octanol–water partition coefficient (Wildman–Crippen LogP) is 0.840. The molecule has 1 atom stereocenters. The van der Waals surface area contributed by atoms with Gasteiger partial charge in [-0.2, -0.15) is 0 Å². The van der Waals surface area contributed by atoms with E-state index in [1.54, 1.807) is 13.8 Å². The lowest BCUT2D eigenvalue weighted by Gasteiger charge is -2.04. The highest BCUT2D eigenvalue weighted by atomic mass is 16.3. The maximum absolute atomic E-state index is 11.1. The minimum Gasteiger partial charge on any atom is -0.389 e. The number of rotatable bonds is 4. The van der Waals surface area contributed by atoms with Crippen LogP contribution in [-0.2, 0) is 4.79 Å². The normalized spacial score (nSPS) is 14.2. The Morgan fingerprint density at radius 2 is 2.25 bits per heavy atom. The molecule has 0 aliphatic rings. The van der Waals surface area contributed by atoms with Gasteiger partial charge >= 0.3 is 0 Å². The van der Waals surface area contributed by atoms with Crippen molar-refractivity contribution < 1.29 is 9.90 Å². The van der Waals surface area contributed by atoms with Crippen LogP contribution in [0, 0.1) is 0 Å². The summed E-state index contributed by atoms with van der Waals surface area (Å²) in [5.74, 6) is -0.0993. The zero-order chi connectivity index (χ0) is 9.56. The van der Waals surface area contributed by atoms with Crippen molar-refractivity contribution in [1.82, 2.24) is 5.32 Å². The van der Waals surface area contributed by atoms with Gasteiger partial charge in [0.05, 0.1) is 6.10 Å². The van der Waals surface area contributed by atoms with E-state index in [-0.39, 0.29) is 5.91 Å². The molecule has 0 rings (SSSR count). The predicted molar refractivity (Wildman–Crippen MR) is 48.7 cm³/mol. The molecule has 1 amide bonds. The summed E-state index contributed by atoms with van der Waals surface area (Å²) in [5.41, 5.74) is 0.568. The molecule has 0 aliphatic carbocycles. The summed E-state index contributed by atoms with van der Waals surface area (Å²) >= 11 is 0. The fourth-order valence-corrected chi connectivity index (χ4v) is 0.815. The second-order valence-corrected chi connectivity index (χ2v) is 2.85. The standard InChI is InChI=1S/C9H17NO2/c1-4-5-10-9(12)7(2)6-8(3)11/h6,8,11H,4-5H2,1-3H3,(H,10,12)/b7-6+. The lowest BCUT2D eigenvalue weighted by molar-refractivity contribution is -0.117. The summed E-state index contributed by atoms with van der Waals surface area (Å²) in [6.45, 7) is 5.99. The lowest BCUT2D eigenvalue weighted by Crippen LogP contribution is -2.25. The highest BCUT2D eigenvalue weighted by Crippen LogP contribution is 1.95. The van der Waals surface area contributed by atoms with Crippen molar-refractivity contribution in [3.63, 3.8) is 0 Å². The van der Waals surface area contributed by atoms with E-state index in [1.807, 2.05) is 6.92 Å². The van der Waals surface area contributed by atoms with E-state index < -0.39 is 6.10 Å². The molecule has 2 N–H and O–H groups in total. The largest absolute Gasteiger partial charge is 0.389 e. The summed E-state index contributed by atoms with van der Waals surface area (Å²) in [4.78, 5) is 11.1. The maximum Gasteiger partial charge on any atom is 0.246 e. The average Bonchev–Trinajstić information content (AvgIpc) is 1.98. The maximum atomic E-state index is 11.1. The summed E-state index contributed by atoms with van der Waals surface area (Å²) < 4.78 is 0. The van der Waals surface area contributed by atoms with Gasteiger partial charge in [-0.1, -0.05) is 6.92 Å². The van der Waals surface area contributed by atoms with Crippen LogP contribution < -0.4 is 5.32 Å². The number of hydrogen-bond acceptors (Lipinski definition) is 2. The molecule has 0 fully saturated rings. The molecule has 3 heteroatoms. The Morgan fingerprint density at radius 1 is 1.67 bits per heavy atom. The molecule has 12 heavy (non-hydrogen) atoms. The van der Waals surface area contributed by atoms with Crippen molar-refractivity contribution in [3.05, 3.63) is 11.6 Å². The van der Waals surface area contributed by atoms with Crippen molar-refractivity contribution in [3.8, 4) is 0 Å². The molecule has 0 aromatic heterocycles. The number of carbonyl (C=O) groups is 1. The van der Waals surface area contributed by atoms with E-state index in [4.69, 9.17) is 5.11 Å². The van der Waals surface area contributed by atoms with Gasteiger partial charge in [-0.05, 0) is 26.3 Å². The molecular weight excluding hydrogens is 154 g/mol. The molecule has 3 nitrogen and oxygen atoms in total. The second kappa shape index (κ2) is 5.77. The van der Waals surface area contributed by atoms with Gasteiger partial charge in [0.25, 0.3) is 0 Å². The van der Waals surface area contributed by atoms with Crippen LogP contribution in [0.1, 0.15) is 27.2 Å². The van der Waals surface area contributed by atoms with Gasteiger partial charge in [0, 0.05) is 12.1 Å². The highest BCUT2D eigenvalue weighted by Gasteiger charge is 2.02. The van der Waals surface area contributed by atoms with Crippen LogP contribution in [0.25, 0.3) is 0 Å². The first-order valence-corrected chi connectivity index (χ1v) is 4.22. The molecule has 70 valence electrons. The van der Waals surface area contributed by atoms with Crippen molar-refractivity contribution >= 4 is 5.91 Å². The van der Waals surface area contributed by atoms with E-state index in [9.17, 15) is 4.79 Å². The van der Waals surface area contributed by atoms with E-state index in [1.165, 1.54) is 6.08 Å². The third-order valence-corrected chi connectivity index (χ3v) is 1.38. The first-order valence-electron chi connectivity index (χ1n) is 4.22. The van der Waals surface area contributed by atoms with Crippen LogP contribution in [0.3, 0.4) is 0 Å². The van der Waals surface area contributed by atoms with Crippen LogP contribution in [-0.4, -0.2) is 23.7 Å². The van der Waals surface area contributed by atoms with Crippen molar-refractivity contribution in [1.29, 1.82) is 0 Å². The van der Waals surface area contributed by atoms with Gasteiger partial charge in [-0.15, -0.1) is 0 Å². The SMILES string of the molecule is CCCNC(=O)/C(C)=C/C(C)O. The number of carbonyl (C=O) groups excluding carboxylic acids is 1. The average molecular weight is 171 g/mol. The molecule has 0 aromatic rings. The Hall–Kier alpha value is -0.830. The fourth-order valence-electron chi connectivity index (χ4n) is 0.815. The lowest BCUT2D eigenvalue weighted by atomic mass is 10.2. The van der Waals surface area contributed by atoms with E-state index >= 15 is 0 Å². The van der Waals surface area contributed by atoms with Gasteiger partial charge in [0.15, 0.2) is 0 Å². The summed E-state index contributed by atoms with van der Waals surface area (Å²) in [6.07, 6.45) is 1.90. The molecule has 0 bridgehead atoms. The number of hydrogen-bond donors (Lipinski definition) is 2. The van der Waals surface area contributed by atoms with Crippen LogP contribution in [0.5, 0.6) is 0 Å². The van der Waals surface area contributed by atoms with Gasteiger partial charge in [-0.3, -0.25) is 4.79 Å². The Kier molecular flexibility index (Phi) is 5.37. The van der Waals surface area contributed by atoms with Crippen molar-refractivity contribution in [2.75, 3.05) is 6.54 Å². The highest BCUT2D eigenvalue weighted by molar-refractivity contribution is 5.92. The van der Waals surface area contributed by atoms with Crippen LogP contribution in [0.2, 0.25) is 0 Å². The van der Waals surface area contributed by atoms with Gasteiger partial charge in [0.2, 0.25) is 5.91 Å². The Morgan fingerprint density at radius 3 is 2.67 bits per heavy atom. The van der Waals surface area contributed by atoms with Crippen LogP contribution >= 0.6 is 0 Å². The third-order valence-electron chi connectivity index (χ3n) is 1.38. The second-order valence-electron chi connectivity index (χ2n) is 2.85. The zero-order valence-electron chi connectivity index (χ0n) is 7.92. The molecule has 0 radical (unpaired) electrons. The Labute approximate surface area is 73.5 Å². The molecule has 0 spiro atoms. The van der Waals surface area contributed by atoms with E-state index in [2.05, 4.69) is 5.32 Å². The van der Waals surface area contributed by atoms with Crippen molar-refractivity contribution in [2.24, 2.45) is 0 Å². The number of aliphatic hydroxyl groups excluding tert-OH is 1. The van der Waals surface area contributed by atoms with Gasteiger partial charge < -0.3 is 10.4 Å². The summed E-state index contributed by atoms with van der Waals surface area (Å²) in [6, 6.07) is 0. The first kappa shape index (κ1) is 11.2. The minimum atomic E-state index is -0.558. The van der Waals surface area contributed by atoms with Gasteiger partial charge in [-0.25, -0.2) is 0 Å². The number of amides is 1. The first-order chi connectivity index (χ1) is 5.57. The summed E-state index contributed by atoms with van der Waals surface area (Å²) in [7, 11) is 0. The van der Waals surface area contributed by atoms with E-state index in [0.29, 0.717) is 12.1 Å². The number of aliphatic hydroxyl groups is 1. The molecule has 0 heterocycles. The molecule has 0 aliphatic heterocycles. The summed E-state index contributed by atoms with van der Waals surface area (Å²) in [5, 5.41) is 11.7. The van der Waals surface area contributed by atoms with Crippen LogP contribution in [0.15, 0.2) is 11.6 Å². The molecular formula is C9H17NO2. The molecule has 0 aromatic carbocycles. The Bertz CT molecular complexity index is 173. The number of nitrogens with one attached hydrogen (secondary N) is 1. The third kappa shape index (κ3) is 4.91. The van der Waals surface area contributed by atoms with Crippen LogP contribution in [0.4, 0.5) is 0 Å². The van der Waals surface area contributed by atoms with Crippen molar-refractivity contribution in [2.45, 2.75) is 33.3 Å².